The Hall–Kier alpha value is -3.37. The predicted octanol–water partition coefficient (Wildman–Crippen LogP) is 7.12. The fourth-order valence-corrected chi connectivity index (χ4v) is 7.09. The van der Waals surface area contributed by atoms with E-state index in [1.807, 2.05) is 0 Å². The van der Waals surface area contributed by atoms with Crippen molar-refractivity contribution in [1.29, 1.82) is 0 Å². The number of amides is 2. The highest BCUT2D eigenvalue weighted by Crippen LogP contribution is 2.19. The molecule has 1 heterocycles. The Kier molecular flexibility index (Phi) is 37.8. The first kappa shape index (κ1) is 57.6. The van der Waals surface area contributed by atoms with E-state index in [0.717, 1.165) is 18.5 Å². The van der Waals surface area contributed by atoms with Crippen molar-refractivity contribution in [3.8, 4) is 0 Å². The van der Waals surface area contributed by atoms with Crippen LogP contribution in [0.15, 0.2) is 12.5 Å². The number of nitrogens with one attached hydrogen (secondary N) is 3. The molecule has 1 aromatic heterocycles. The SMILES string of the molecule is CCCCCCCCCCCCCCCCCC(=O)CCCOCCOCC(=O)NCCOCCOCC(=O)NCCCC[C@H](CC(=O)[C@@H](N)Cc1cnc[nH]1)C(=O)CCC(C)=O.[HH]. The molecule has 364 valence electrons. The average molecular weight is 894 g/mol. The average Bonchev–Trinajstić information content (AvgIpc) is 3.78. The molecule has 0 aromatic carbocycles. The van der Waals surface area contributed by atoms with Crippen molar-refractivity contribution < 1.29 is 49.1 Å². The van der Waals surface area contributed by atoms with Gasteiger partial charge in [-0.1, -0.05) is 103 Å². The van der Waals surface area contributed by atoms with Crippen molar-refractivity contribution in [2.45, 2.75) is 180 Å². The van der Waals surface area contributed by atoms with Crippen molar-refractivity contribution in [2.75, 3.05) is 65.9 Å². The first-order chi connectivity index (χ1) is 30.6. The molecule has 0 spiro atoms. The number of aromatic nitrogens is 2. The Balaban J connectivity index is 0.0000397. The molecule has 0 fully saturated rings. The molecule has 0 aliphatic heterocycles. The molecule has 5 N–H and O–H groups in total. The van der Waals surface area contributed by atoms with Crippen LogP contribution in [0.1, 0.15) is 175 Å². The van der Waals surface area contributed by atoms with Gasteiger partial charge in [-0.2, -0.15) is 0 Å². The van der Waals surface area contributed by atoms with Crippen LogP contribution in [0.2, 0.25) is 0 Å². The quantitative estimate of drug-likeness (QED) is 0.0481. The van der Waals surface area contributed by atoms with Gasteiger partial charge in [-0.25, -0.2) is 4.98 Å². The van der Waals surface area contributed by atoms with Crippen molar-refractivity contribution >= 4 is 34.9 Å². The van der Waals surface area contributed by atoms with Gasteiger partial charge in [0.05, 0.1) is 45.4 Å². The minimum atomic E-state index is -0.763. The lowest BCUT2D eigenvalue weighted by atomic mass is 9.87. The molecule has 2 amide bonds. The van der Waals surface area contributed by atoms with Gasteiger partial charge < -0.3 is 45.1 Å². The molecular weight excluding hydrogens is 807 g/mol. The molecule has 15 heteroatoms. The summed E-state index contributed by atoms with van der Waals surface area (Å²) in [6, 6.07) is -0.763. The van der Waals surface area contributed by atoms with Crippen LogP contribution in [0.5, 0.6) is 0 Å². The maximum Gasteiger partial charge on any atom is 0.246 e. The van der Waals surface area contributed by atoms with Crippen molar-refractivity contribution in [1.82, 2.24) is 20.6 Å². The standard InChI is InChI=1S/C48H85N5O10.H2/c1-3-4-5-6-7-8-9-10-11-12-13-14-15-16-17-22-43(55)23-20-28-60-30-32-62-38-48(59)52-27-29-61-31-33-63-37-47(58)51-26-19-18-21-41(45(56)25-24-40(2)54)34-46(57)44(49)35-42-36-50-39-53-42;/h36,39,41,44H,3-35,37-38,49H2,1-2H3,(H,50,53)(H,51,58)(H,52,59);1H/t41-,44+;/m1./s1. The second-order valence-electron chi connectivity index (χ2n) is 16.8. The number of hydrogen-bond donors (Lipinski definition) is 4. The van der Waals surface area contributed by atoms with E-state index in [1.54, 1.807) is 6.20 Å². The smallest absolute Gasteiger partial charge is 0.246 e. The van der Waals surface area contributed by atoms with Gasteiger partial charge in [0.2, 0.25) is 11.8 Å². The van der Waals surface area contributed by atoms with Crippen LogP contribution in [0, 0.1) is 5.92 Å². The Morgan fingerprint density at radius 2 is 1.16 bits per heavy atom. The number of ether oxygens (including phenoxy) is 4. The van der Waals surface area contributed by atoms with E-state index in [4.69, 9.17) is 24.7 Å². The van der Waals surface area contributed by atoms with Crippen LogP contribution in [0.25, 0.3) is 0 Å². The molecule has 1 aromatic rings. The normalized spacial score (nSPS) is 12.2. The molecular formula is C48H87N5O10. The van der Waals surface area contributed by atoms with Crippen molar-refractivity contribution in [2.24, 2.45) is 11.7 Å². The molecule has 0 radical (unpaired) electrons. The van der Waals surface area contributed by atoms with Crippen molar-refractivity contribution in [3.05, 3.63) is 18.2 Å². The lowest BCUT2D eigenvalue weighted by Crippen LogP contribution is -2.35. The Morgan fingerprint density at radius 1 is 0.619 bits per heavy atom. The molecule has 1 rings (SSSR count). The maximum absolute atomic E-state index is 12.8. The van der Waals surface area contributed by atoms with Crippen LogP contribution < -0.4 is 16.4 Å². The summed E-state index contributed by atoms with van der Waals surface area (Å²) in [5.74, 6) is -1.19. The predicted molar refractivity (Wildman–Crippen MR) is 247 cm³/mol. The third-order valence-corrected chi connectivity index (χ3v) is 10.9. The molecule has 2 atom stereocenters. The molecule has 0 bridgehead atoms. The highest BCUT2D eigenvalue weighted by Gasteiger charge is 2.25. The Morgan fingerprint density at radius 3 is 1.73 bits per heavy atom. The number of hydrogen-bond acceptors (Lipinski definition) is 12. The molecule has 15 nitrogen and oxygen atoms in total. The summed E-state index contributed by atoms with van der Waals surface area (Å²) < 4.78 is 21.7. The monoisotopic (exact) mass is 894 g/mol. The minimum Gasteiger partial charge on any atom is -0.379 e. The topological polar surface area (TPSA) is 218 Å². The zero-order chi connectivity index (χ0) is 46.0. The van der Waals surface area contributed by atoms with Crippen LogP contribution in [0.3, 0.4) is 0 Å². The van der Waals surface area contributed by atoms with E-state index in [0.29, 0.717) is 83.6 Å². The Bertz CT molecular complexity index is 1340. The molecule has 0 aliphatic carbocycles. The highest BCUT2D eigenvalue weighted by molar-refractivity contribution is 5.92. The Labute approximate surface area is 380 Å². The fourth-order valence-electron chi connectivity index (χ4n) is 7.09. The number of rotatable bonds is 47. The lowest BCUT2D eigenvalue weighted by Gasteiger charge is -2.17. The summed E-state index contributed by atoms with van der Waals surface area (Å²) in [6.45, 7) is 6.07. The van der Waals surface area contributed by atoms with E-state index in [9.17, 15) is 28.8 Å². The molecule has 63 heavy (non-hydrogen) atoms. The first-order valence-electron chi connectivity index (χ1n) is 24.3. The summed E-state index contributed by atoms with van der Waals surface area (Å²) in [6.07, 6.45) is 27.0. The summed E-state index contributed by atoms with van der Waals surface area (Å²) in [4.78, 5) is 80.2. The number of nitrogens with two attached hydrogens (primary N) is 1. The zero-order valence-electron chi connectivity index (χ0n) is 39.2. The number of carbonyl (C=O) groups excluding carboxylic acids is 6. The minimum absolute atomic E-state index is 0. The van der Waals surface area contributed by atoms with Gasteiger partial charge in [-0.3, -0.25) is 24.0 Å². The third-order valence-electron chi connectivity index (χ3n) is 10.9. The van der Waals surface area contributed by atoms with E-state index in [2.05, 4.69) is 27.5 Å². The van der Waals surface area contributed by atoms with Crippen molar-refractivity contribution in [3.63, 3.8) is 0 Å². The molecule has 0 unspecified atom stereocenters. The molecule has 0 saturated carbocycles. The highest BCUT2D eigenvalue weighted by atomic mass is 16.5. The van der Waals surface area contributed by atoms with Gasteiger partial charge in [0, 0.05) is 77.5 Å². The molecule has 0 aliphatic rings. The van der Waals surface area contributed by atoms with Gasteiger partial charge in [0.25, 0.3) is 0 Å². The number of aromatic amines is 1. The first-order valence-corrected chi connectivity index (χ1v) is 24.3. The number of H-pyrrole nitrogens is 1. The number of Topliss-reactive ketones (excluding diaryl/α,β-unsaturated/α-hetero) is 4. The van der Waals surface area contributed by atoms with Crippen LogP contribution >= 0.6 is 0 Å². The number of nitrogens with zero attached hydrogens (tertiary/aromatic N) is 1. The fraction of sp³-hybridized carbons (Fsp3) is 0.812. The van der Waals surface area contributed by atoms with E-state index < -0.39 is 12.0 Å². The van der Waals surface area contributed by atoms with Crippen LogP contribution in [0.4, 0.5) is 0 Å². The van der Waals surface area contributed by atoms with Crippen LogP contribution in [-0.4, -0.2) is 117 Å². The van der Waals surface area contributed by atoms with Crippen LogP contribution in [-0.2, 0) is 54.1 Å². The molecule has 0 saturated heterocycles. The number of carbonyl (C=O) groups is 6. The number of imidazole rings is 1. The van der Waals surface area contributed by atoms with E-state index in [1.165, 1.54) is 96.7 Å². The van der Waals surface area contributed by atoms with Gasteiger partial charge in [-0.05, 0) is 32.6 Å². The zero-order valence-corrected chi connectivity index (χ0v) is 39.2. The summed E-state index contributed by atoms with van der Waals surface area (Å²) in [7, 11) is 0. The number of unbranched alkanes of at least 4 members (excludes halogenated alkanes) is 15. The van der Waals surface area contributed by atoms with Gasteiger partial charge in [0.15, 0.2) is 5.78 Å². The second-order valence-corrected chi connectivity index (χ2v) is 16.8. The summed E-state index contributed by atoms with van der Waals surface area (Å²) >= 11 is 0. The van der Waals surface area contributed by atoms with E-state index in [-0.39, 0.29) is 82.9 Å². The summed E-state index contributed by atoms with van der Waals surface area (Å²) in [5, 5.41) is 5.49. The lowest BCUT2D eigenvalue weighted by molar-refractivity contribution is -0.129. The van der Waals surface area contributed by atoms with E-state index >= 15 is 0 Å². The number of ketones is 4. The largest absolute Gasteiger partial charge is 0.379 e. The van der Waals surface area contributed by atoms with Gasteiger partial charge in [-0.15, -0.1) is 0 Å². The maximum atomic E-state index is 12.8. The second kappa shape index (κ2) is 41.3. The van der Waals surface area contributed by atoms with Gasteiger partial charge in [0.1, 0.15) is 30.6 Å². The third kappa shape index (κ3) is 36.6. The van der Waals surface area contributed by atoms with Gasteiger partial charge >= 0.3 is 0 Å². The summed E-state index contributed by atoms with van der Waals surface area (Å²) in [5.41, 5.74) is 6.82.